The Balaban J connectivity index is 2.31. The summed E-state index contributed by atoms with van der Waals surface area (Å²) in [5.41, 5.74) is 0.723. The minimum atomic E-state index is -0.113. The third kappa shape index (κ3) is 2.85. The van der Waals surface area contributed by atoms with E-state index in [-0.39, 0.29) is 17.6 Å². The van der Waals surface area contributed by atoms with E-state index in [0.29, 0.717) is 6.54 Å². The lowest BCUT2D eigenvalue weighted by molar-refractivity contribution is -0.119. The lowest BCUT2D eigenvalue weighted by atomic mass is 10.1. The van der Waals surface area contributed by atoms with Gasteiger partial charge in [-0.2, -0.15) is 0 Å². The fourth-order valence-electron chi connectivity index (χ4n) is 2.06. The zero-order valence-electron chi connectivity index (χ0n) is 11.1. The van der Waals surface area contributed by atoms with Crippen molar-refractivity contribution in [2.24, 2.45) is 5.92 Å². The molecule has 0 spiro atoms. The Morgan fingerprint density at radius 3 is 2.63 bits per heavy atom. The fourth-order valence-corrected chi connectivity index (χ4v) is 2.06. The van der Waals surface area contributed by atoms with Gasteiger partial charge in [0.2, 0.25) is 5.91 Å². The quantitative estimate of drug-likeness (QED) is 0.789. The predicted octanol–water partition coefficient (Wildman–Crippen LogP) is 2.34. The van der Waals surface area contributed by atoms with Crippen LogP contribution in [0.1, 0.15) is 6.92 Å². The molecule has 0 aliphatic rings. The van der Waals surface area contributed by atoms with E-state index < -0.39 is 0 Å². The minimum absolute atomic E-state index is 0.0369. The van der Waals surface area contributed by atoms with Crippen molar-refractivity contribution in [3.8, 4) is 5.75 Å². The molecule has 100 valence electrons. The van der Waals surface area contributed by atoms with Crippen molar-refractivity contribution < 1.29 is 9.90 Å². The van der Waals surface area contributed by atoms with Gasteiger partial charge in [0.05, 0.1) is 0 Å². The van der Waals surface area contributed by atoms with Crippen LogP contribution in [0.4, 0.5) is 5.69 Å². The summed E-state index contributed by atoms with van der Waals surface area (Å²) in [6, 6.07) is 10.8. The highest BCUT2D eigenvalue weighted by atomic mass is 16.3. The van der Waals surface area contributed by atoms with Crippen LogP contribution in [-0.2, 0) is 4.79 Å². The largest absolute Gasteiger partial charge is 0.507 e. The summed E-state index contributed by atoms with van der Waals surface area (Å²) >= 11 is 0. The highest BCUT2D eigenvalue weighted by Crippen LogP contribution is 2.29. The molecule has 3 N–H and O–H groups in total. The fraction of sp³-hybridized carbons (Fsp3) is 0.267. The molecule has 1 amide bonds. The van der Waals surface area contributed by atoms with Crippen LogP contribution < -0.4 is 10.6 Å². The van der Waals surface area contributed by atoms with Gasteiger partial charge in [-0.1, -0.05) is 31.2 Å². The van der Waals surface area contributed by atoms with Crippen LogP contribution in [0.25, 0.3) is 10.8 Å². The Hall–Kier alpha value is -2.07. The van der Waals surface area contributed by atoms with E-state index in [1.54, 1.807) is 12.1 Å². The molecule has 2 rings (SSSR count). The standard InChI is InChI=1S/C15H18N2O2/c1-10(9-16-2)15(19)17-13-7-3-6-12-11(13)5-4-8-14(12)18/h3-8,10,16,18H,9H2,1-2H3,(H,17,19). The minimum Gasteiger partial charge on any atom is -0.507 e. The van der Waals surface area contributed by atoms with Gasteiger partial charge in [-0.05, 0) is 19.2 Å². The van der Waals surface area contributed by atoms with E-state index in [9.17, 15) is 9.90 Å². The molecule has 0 aromatic heterocycles. The number of nitrogens with one attached hydrogen (secondary N) is 2. The average molecular weight is 258 g/mol. The molecule has 0 heterocycles. The van der Waals surface area contributed by atoms with Crippen LogP contribution in [0.5, 0.6) is 5.75 Å². The molecular weight excluding hydrogens is 240 g/mol. The van der Waals surface area contributed by atoms with Crippen molar-refractivity contribution in [1.82, 2.24) is 5.32 Å². The van der Waals surface area contributed by atoms with Crippen molar-refractivity contribution in [2.75, 3.05) is 18.9 Å². The van der Waals surface area contributed by atoms with Gasteiger partial charge in [-0.3, -0.25) is 4.79 Å². The number of phenolic OH excluding ortho intramolecular Hbond substituents is 1. The number of phenols is 1. The van der Waals surface area contributed by atoms with Gasteiger partial charge in [0.25, 0.3) is 0 Å². The Labute approximate surface area is 112 Å². The van der Waals surface area contributed by atoms with Gasteiger partial charge < -0.3 is 15.7 Å². The van der Waals surface area contributed by atoms with E-state index in [1.165, 1.54) is 0 Å². The van der Waals surface area contributed by atoms with E-state index in [0.717, 1.165) is 16.5 Å². The third-order valence-electron chi connectivity index (χ3n) is 3.11. The summed E-state index contributed by atoms with van der Waals surface area (Å²) in [6.45, 7) is 2.50. The summed E-state index contributed by atoms with van der Waals surface area (Å²) < 4.78 is 0. The number of carbonyl (C=O) groups is 1. The molecule has 0 saturated carbocycles. The molecule has 2 aromatic carbocycles. The zero-order chi connectivity index (χ0) is 13.8. The maximum absolute atomic E-state index is 12.0. The lowest BCUT2D eigenvalue weighted by Crippen LogP contribution is -2.28. The number of benzene rings is 2. The topological polar surface area (TPSA) is 61.4 Å². The third-order valence-corrected chi connectivity index (χ3v) is 3.11. The maximum atomic E-state index is 12.0. The first kappa shape index (κ1) is 13.4. The van der Waals surface area contributed by atoms with Crippen molar-refractivity contribution in [2.45, 2.75) is 6.92 Å². The number of hydrogen-bond acceptors (Lipinski definition) is 3. The second-order valence-corrected chi connectivity index (χ2v) is 4.63. The molecule has 0 saturated heterocycles. The molecule has 0 aliphatic carbocycles. The van der Waals surface area contributed by atoms with E-state index in [1.807, 2.05) is 38.2 Å². The normalized spacial score (nSPS) is 12.3. The number of carbonyl (C=O) groups excluding carboxylic acids is 1. The molecular formula is C15H18N2O2. The summed E-state index contributed by atoms with van der Waals surface area (Å²) in [5.74, 6) is 0.0691. The van der Waals surface area contributed by atoms with Gasteiger partial charge >= 0.3 is 0 Å². The average Bonchev–Trinajstić information content (AvgIpc) is 2.40. The van der Waals surface area contributed by atoms with Crippen LogP contribution in [0, 0.1) is 5.92 Å². The summed E-state index contributed by atoms with van der Waals surface area (Å²) in [6.07, 6.45) is 0. The SMILES string of the molecule is CNCC(C)C(=O)Nc1cccc2c(O)cccc12. The number of amides is 1. The summed E-state index contributed by atoms with van der Waals surface area (Å²) in [4.78, 5) is 12.0. The van der Waals surface area contributed by atoms with Crippen LogP contribution in [0.2, 0.25) is 0 Å². The number of hydrogen-bond donors (Lipinski definition) is 3. The van der Waals surface area contributed by atoms with Crippen molar-refractivity contribution in [3.63, 3.8) is 0 Å². The molecule has 4 heteroatoms. The van der Waals surface area contributed by atoms with E-state index >= 15 is 0 Å². The Morgan fingerprint density at radius 1 is 1.21 bits per heavy atom. The second-order valence-electron chi connectivity index (χ2n) is 4.63. The number of aromatic hydroxyl groups is 1. The van der Waals surface area contributed by atoms with Gasteiger partial charge in [-0.25, -0.2) is 0 Å². The first-order valence-corrected chi connectivity index (χ1v) is 6.29. The van der Waals surface area contributed by atoms with Crippen molar-refractivity contribution in [3.05, 3.63) is 36.4 Å². The van der Waals surface area contributed by atoms with Crippen LogP contribution in [-0.4, -0.2) is 24.6 Å². The molecule has 1 unspecified atom stereocenters. The molecule has 1 atom stereocenters. The number of anilines is 1. The molecule has 2 aromatic rings. The Kier molecular flexibility index (Phi) is 4.02. The maximum Gasteiger partial charge on any atom is 0.228 e. The molecule has 19 heavy (non-hydrogen) atoms. The van der Waals surface area contributed by atoms with E-state index in [4.69, 9.17) is 0 Å². The molecule has 0 aliphatic heterocycles. The molecule has 0 radical (unpaired) electrons. The van der Waals surface area contributed by atoms with Crippen LogP contribution >= 0.6 is 0 Å². The van der Waals surface area contributed by atoms with Gasteiger partial charge in [0.15, 0.2) is 0 Å². The second kappa shape index (κ2) is 5.71. The Bertz CT molecular complexity index is 596. The van der Waals surface area contributed by atoms with E-state index in [2.05, 4.69) is 10.6 Å². The molecule has 0 fully saturated rings. The zero-order valence-corrected chi connectivity index (χ0v) is 11.1. The van der Waals surface area contributed by atoms with Crippen LogP contribution in [0.15, 0.2) is 36.4 Å². The van der Waals surface area contributed by atoms with Crippen molar-refractivity contribution >= 4 is 22.4 Å². The highest BCUT2D eigenvalue weighted by Gasteiger charge is 2.13. The molecule has 0 bridgehead atoms. The number of rotatable bonds is 4. The smallest absolute Gasteiger partial charge is 0.228 e. The molecule has 4 nitrogen and oxygen atoms in total. The van der Waals surface area contributed by atoms with Crippen molar-refractivity contribution in [1.29, 1.82) is 0 Å². The lowest BCUT2D eigenvalue weighted by Gasteiger charge is -2.13. The Morgan fingerprint density at radius 2 is 1.89 bits per heavy atom. The number of fused-ring (bicyclic) bond motifs is 1. The first-order chi connectivity index (χ1) is 9.13. The highest BCUT2D eigenvalue weighted by molar-refractivity contribution is 6.04. The first-order valence-electron chi connectivity index (χ1n) is 6.29. The van der Waals surface area contributed by atoms with Gasteiger partial charge in [0, 0.05) is 28.9 Å². The van der Waals surface area contributed by atoms with Gasteiger partial charge in [0.1, 0.15) is 5.75 Å². The predicted molar refractivity (Wildman–Crippen MR) is 77.3 cm³/mol. The monoisotopic (exact) mass is 258 g/mol. The summed E-state index contributed by atoms with van der Waals surface area (Å²) in [5, 5.41) is 17.3. The van der Waals surface area contributed by atoms with Gasteiger partial charge in [-0.15, -0.1) is 0 Å². The van der Waals surface area contributed by atoms with Crippen LogP contribution in [0.3, 0.4) is 0 Å². The summed E-state index contributed by atoms with van der Waals surface area (Å²) in [7, 11) is 1.82.